The van der Waals surface area contributed by atoms with Gasteiger partial charge in [-0.15, -0.1) is 11.6 Å². The summed E-state index contributed by atoms with van der Waals surface area (Å²) in [5, 5.41) is 1.12. The fourth-order valence-electron chi connectivity index (χ4n) is 1.97. The Bertz CT molecular complexity index is 433. The number of aryl methyl sites for hydroxylation is 1. The van der Waals surface area contributed by atoms with Crippen LogP contribution in [0.5, 0.6) is 0 Å². The lowest BCUT2D eigenvalue weighted by Crippen LogP contribution is -2.36. The summed E-state index contributed by atoms with van der Waals surface area (Å²) in [6.07, 6.45) is 1.80. The molecule has 1 aromatic rings. The topological polar surface area (TPSA) is 20.3 Å². The highest BCUT2D eigenvalue weighted by molar-refractivity contribution is 6.37. The van der Waals surface area contributed by atoms with E-state index in [1.807, 2.05) is 6.07 Å². The Kier molecular flexibility index (Phi) is 3.63. The molecule has 0 aromatic heterocycles. The number of carbonyl (C=O) groups is 1. The first-order valence-corrected chi connectivity index (χ1v) is 6.27. The van der Waals surface area contributed by atoms with E-state index in [9.17, 15) is 4.79 Å². The third-order valence-corrected chi connectivity index (χ3v) is 3.36. The molecule has 2 rings (SSSR count). The van der Waals surface area contributed by atoms with Crippen molar-refractivity contribution < 1.29 is 4.79 Å². The van der Waals surface area contributed by atoms with Crippen LogP contribution in [0.3, 0.4) is 0 Å². The van der Waals surface area contributed by atoms with E-state index < -0.39 is 0 Å². The van der Waals surface area contributed by atoms with Gasteiger partial charge in [-0.2, -0.15) is 0 Å². The molecule has 1 aliphatic heterocycles. The highest BCUT2D eigenvalue weighted by Crippen LogP contribution is 2.36. The smallest absolute Gasteiger partial charge is 0.241 e. The van der Waals surface area contributed by atoms with Crippen molar-refractivity contribution in [2.45, 2.75) is 12.8 Å². The largest absolute Gasteiger partial charge is 0.310 e. The van der Waals surface area contributed by atoms with Crippen LogP contribution in [0.15, 0.2) is 12.1 Å². The van der Waals surface area contributed by atoms with Crippen LogP contribution >= 0.6 is 34.8 Å². The first kappa shape index (κ1) is 12.0. The Labute approximate surface area is 109 Å². The van der Waals surface area contributed by atoms with E-state index >= 15 is 0 Å². The zero-order valence-electron chi connectivity index (χ0n) is 8.47. The molecule has 0 saturated heterocycles. The number of carbonyl (C=O) groups excluding carboxylic acids is 1. The second-order valence-corrected chi connectivity index (χ2v) is 4.79. The molecular weight excluding hydrogens is 268 g/mol. The van der Waals surface area contributed by atoms with E-state index in [1.54, 1.807) is 11.0 Å². The summed E-state index contributed by atoms with van der Waals surface area (Å²) in [4.78, 5) is 13.3. The summed E-state index contributed by atoms with van der Waals surface area (Å²) in [6, 6.07) is 3.51. The van der Waals surface area contributed by atoms with Crippen molar-refractivity contribution in [3.8, 4) is 0 Å². The molecule has 0 unspecified atom stereocenters. The van der Waals surface area contributed by atoms with Gasteiger partial charge in [-0.3, -0.25) is 4.79 Å². The van der Waals surface area contributed by atoms with Gasteiger partial charge in [0, 0.05) is 11.6 Å². The van der Waals surface area contributed by atoms with Crippen molar-refractivity contribution in [3.05, 3.63) is 27.7 Å². The van der Waals surface area contributed by atoms with E-state index in [0.717, 1.165) is 24.1 Å². The molecule has 0 aliphatic carbocycles. The van der Waals surface area contributed by atoms with Gasteiger partial charge in [-0.25, -0.2) is 0 Å². The molecule has 16 heavy (non-hydrogen) atoms. The van der Waals surface area contributed by atoms with Crippen molar-refractivity contribution in [2.75, 3.05) is 17.3 Å². The van der Waals surface area contributed by atoms with Crippen molar-refractivity contribution in [3.63, 3.8) is 0 Å². The minimum absolute atomic E-state index is 0.0294. The molecule has 0 spiro atoms. The Morgan fingerprint density at radius 1 is 1.38 bits per heavy atom. The maximum absolute atomic E-state index is 11.7. The van der Waals surface area contributed by atoms with Gasteiger partial charge < -0.3 is 4.90 Å². The average Bonchev–Trinajstić information content (AvgIpc) is 2.26. The average molecular weight is 279 g/mol. The molecule has 1 aromatic carbocycles. The highest BCUT2D eigenvalue weighted by atomic mass is 35.5. The first-order chi connectivity index (χ1) is 7.63. The first-order valence-electron chi connectivity index (χ1n) is 4.97. The quantitative estimate of drug-likeness (QED) is 0.720. The molecule has 1 amide bonds. The molecule has 86 valence electrons. The second kappa shape index (κ2) is 4.82. The highest BCUT2D eigenvalue weighted by Gasteiger charge is 2.24. The molecule has 0 radical (unpaired) electrons. The van der Waals surface area contributed by atoms with Gasteiger partial charge in [-0.1, -0.05) is 23.2 Å². The van der Waals surface area contributed by atoms with E-state index in [1.165, 1.54) is 0 Å². The summed E-state index contributed by atoms with van der Waals surface area (Å²) < 4.78 is 0. The van der Waals surface area contributed by atoms with Gasteiger partial charge >= 0.3 is 0 Å². The minimum atomic E-state index is -0.119. The van der Waals surface area contributed by atoms with Crippen LogP contribution in [0.25, 0.3) is 0 Å². The van der Waals surface area contributed by atoms with Gasteiger partial charge in [0.1, 0.15) is 5.88 Å². The molecule has 5 heteroatoms. The Morgan fingerprint density at radius 2 is 2.12 bits per heavy atom. The van der Waals surface area contributed by atoms with Crippen LogP contribution in [0, 0.1) is 0 Å². The summed E-state index contributed by atoms with van der Waals surface area (Å²) in [6.45, 7) is 0.667. The van der Waals surface area contributed by atoms with Crippen LogP contribution in [0.2, 0.25) is 10.0 Å². The van der Waals surface area contributed by atoms with Crippen LogP contribution in [0.1, 0.15) is 12.0 Å². The molecule has 0 saturated carbocycles. The molecule has 0 fully saturated rings. The number of amides is 1. The van der Waals surface area contributed by atoms with Gasteiger partial charge in [0.15, 0.2) is 0 Å². The van der Waals surface area contributed by atoms with Gasteiger partial charge in [0.05, 0.1) is 10.7 Å². The standard InChI is InChI=1S/C11H10Cl3NO/c12-6-10(16)15-3-1-2-7-4-8(13)5-9(14)11(7)15/h4-5H,1-3,6H2. The van der Waals surface area contributed by atoms with Crippen molar-refractivity contribution in [1.82, 2.24) is 0 Å². The fraction of sp³-hybridized carbons (Fsp3) is 0.364. The minimum Gasteiger partial charge on any atom is -0.310 e. The van der Waals surface area contributed by atoms with Gasteiger partial charge in [0.2, 0.25) is 5.91 Å². The third-order valence-electron chi connectivity index (χ3n) is 2.62. The van der Waals surface area contributed by atoms with E-state index in [0.29, 0.717) is 16.6 Å². The summed E-state index contributed by atoms with van der Waals surface area (Å²) >= 11 is 17.6. The van der Waals surface area contributed by atoms with Crippen LogP contribution in [-0.4, -0.2) is 18.3 Å². The van der Waals surface area contributed by atoms with Gasteiger partial charge in [0.25, 0.3) is 0 Å². The van der Waals surface area contributed by atoms with E-state index in [-0.39, 0.29) is 11.8 Å². The molecule has 1 heterocycles. The summed E-state index contributed by atoms with van der Waals surface area (Å²) in [5.74, 6) is -0.148. The molecule has 1 aliphatic rings. The van der Waals surface area contributed by atoms with E-state index in [4.69, 9.17) is 34.8 Å². The predicted octanol–water partition coefficient (Wildman–Crippen LogP) is 3.51. The number of nitrogens with zero attached hydrogens (tertiary/aromatic N) is 1. The third kappa shape index (κ3) is 2.15. The zero-order valence-corrected chi connectivity index (χ0v) is 10.7. The number of hydrogen-bond donors (Lipinski definition) is 0. The molecular formula is C11H10Cl3NO. The van der Waals surface area contributed by atoms with Crippen LogP contribution < -0.4 is 4.90 Å². The number of alkyl halides is 1. The van der Waals surface area contributed by atoms with Crippen LogP contribution in [0.4, 0.5) is 5.69 Å². The molecule has 0 bridgehead atoms. The Balaban J connectivity index is 2.49. The Morgan fingerprint density at radius 3 is 2.81 bits per heavy atom. The lowest BCUT2D eigenvalue weighted by molar-refractivity contribution is -0.116. The predicted molar refractivity (Wildman–Crippen MR) is 67.9 cm³/mol. The lowest BCUT2D eigenvalue weighted by atomic mass is 10.0. The molecule has 0 N–H and O–H groups in total. The number of hydrogen-bond acceptors (Lipinski definition) is 1. The number of halogens is 3. The molecule has 2 nitrogen and oxygen atoms in total. The van der Waals surface area contributed by atoms with Gasteiger partial charge in [-0.05, 0) is 30.5 Å². The number of fused-ring (bicyclic) bond motifs is 1. The summed E-state index contributed by atoms with van der Waals surface area (Å²) in [5.41, 5.74) is 1.78. The second-order valence-electron chi connectivity index (χ2n) is 3.68. The number of benzene rings is 1. The normalized spacial score (nSPS) is 14.8. The number of anilines is 1. The van der Waals surface area contributed by atoms with E-state index in [2.05, 4.69) is 0 Å². The maximum atomic E-state index is 11.7. The van der Waals surface area contributed by atoms with Crippen molar-refractivity contribution in [1.29, 1.82) is 0 Å². The number of rotatable bonds is 1. The SMILES string of the molecule is O=C(CCl)N1CCCc2cc(Cl)cc(Cl)c21. The lowest BCUT2D eigenvalue weighted by Gasteiger charge is -2.30. The Hall–Kier alpha value is -0.440. The fourth-order valence-corrected chi connectivity index (χ4v) is 2.75. The van der Waals surface area contributed by atoms with Crippen molar-refractivity contribution in [2.24, 2.45) is 0 Å². The maximum Gasteiger partial charge on any atom is 0.241 e. The monoisotopic (exact) mass is 277 g/mol. The zero-order chi connectivity index (χ0) is 11.7. The van der Waals surface area contributed by atoms with Crippen LogP contribution in [-0.2, 0) is 11.2 Å². The summed E-state index contributed by atoms with van der Waals surface area (Å²) in [7, 11) is 0. The van der Waals surface area contributed by atoms with Crippen molar-refractivity contribution >= 4 is 46.4 Å². The molecule has 0 atom stereocenters.